The fourth-order valence-electron chi connectivity index (χ4n) is 11.4. The van der Waals surface area contributed by atoms with Gasteiger partial charge in [-0.15, -0.1) is 53.6 Å². The molecule has 0 bridgehead atoms. The normalized spacial score (nSPS) is 13.1. The zero-order chi connectivity index (χ0) is 61.9. The first kappa shape index (κ1) is 62.5. The molecular formula is C76H74F5N4OPt-3. The van der Waals surface area contributed by atoms with E-state index in [0.29, 0.717) is 39.7 Å². The Morgan fingerprint density at radius 2 is 1.00 bits per heavy atom. The predicted molar refractivity (Wildman–Crippen MR) is 343 cm³/mol. The van der Waals surface area contributed by atoms with E-state index >= 15 is 22.0 Å². The molecule has 0 N–H and O–H groups in total. The molecule has 10 aromatic rings. The number of nitrogens with zero attached hydrogens (tertiary/aromatic N) is 4. The number of anilines is 4. The van der Waals surface area contributed by atoms with Gasteiger partial charge in [0.25, 0.3) is 0 Å². The molecule has 1 aliphatic heterocycles. The van der Waals surface area contributed by atoms with Gasteiger partial charge in [0.05, 0.1) is 5.56 Å². The topological polar surface area (TPSA) is 33.5 Å². The van der Waals surface area contributed by atoms with E-state index < -0.39 is 40.1 Å². The summed E-state index contributed by atoms with van der Waals surface area (Å²) in [5.74, 6) is -8.43. The molecule has 1 aliphatic rings. The van der Waals surface area contributed by atoms with Gasteiger partial charge in [-0.05, 0) is 126 Å². The van der Waals surface area contributed by atoms with Crippen molar-refractivity contribution in [1.29, 1.82) is 0 Å². The van der Waals surface area contributed by atoms with Gasteiger partial charge in [0.2, 0.25) is 5.82 Å². The molecule has 0 aliphatic carbocycles. The van der Waals surface area contributed by atoms with Crippen molar-refractivity contribution >= 4 is 44.6 Å². The van der Waals surface area contributed by atoms with Crippen LogP contribution in [0.15, 0.2) is 140 Å². The predicted octanol–water partition coefficient (Wildman–Crippen LogP) is 22.1. The molecule has 0 fully saturated rings. The van der Waals surface area contributed by atoms with Gasteiger partial charge in [0.15, 0.2) is 23.3 Å². The molecule has 5 nitrogen and oxygen atoms in total. The molecule has 452 valence electrons. The molecule has 0 saturated heterocycles. The average Bonchev–Trinajstić information content (AvgIpc) is 1.74. The summed E-state index contributed by atoms with van der Waals surface area (Å²) in [6.45, 7) is 35.9. The molecule has 0 unspecified atom stereocenters. The third-order valence-corrected chi connectivity index (χ3v) is 16.7. The van der Waals surface area contributed by atoms with E-state index in [-0.39, 0.29) is 60.4 Å². The van der Waals surface area contributed by atoms with Crippen LogP contribution in [0.1, 0.15) is 156 Å². The first-order chi connectivity index (χ1) is 40.4. The SMILES string of the molecule is CC(C)c1cc(-c2cc(C(C)(C)C)cc(-c3c(F)c(F)c(F)c(F)c3F)c2N2[CH-]N(c3[c-]c(Oc4[c-]c5c(cc4)c4ccccc4n5-c4cc(C(C)(C)C)ccn4)cc(-c4cc(C(C)(C)C)cc(C(C)(C)C)c4)c3)c3ccccc32)cc(C(C)C)c1.[Pt]. The van der Waals surface area contributed by atoms with Crippen molar-refractivity contribution in [3.8, 4) is 50.7 Å². The molecule has 0 amide bonds. The van der Waals surface area contributed by atoms with Crippen molar-refractivity contribution in [2.24, 2.45) is 0 Å². The summed E-state index contributed by atoms with van der Waals surface area (Å²) in [5, 5.41) is 2.01. The van der Waals surface area contributed by atoms with Crippen LogP contribution in [0.2, 0.25) is 0 Å². The van der Waals surface area contributed by atoms with Crippen LogP contribution in [0, 0.1) is 47.9 Å². The number of ether oxygens (including phenoxy) is 1. The Kier molecular flexibility index (Phi) is 16.4. The maximum atomic E-state index is 16.8. The van der Waals surface area contributed by atoms with Gasteiger partial charge in [-0.2, -0.15) is 6.07 Å². The van der Waals surface area contributed by atoms with Crippen LogP contribution < -0.4 is 14.5 Å². The number of hydrogen-bond donors (Lipinski definition) is 0. The van der Waals surface area contributed by atoms with Crippen molar-refractivity contribution in [2.75, 3.05) is 9.80 Å². The maximum Gasteiger partial charge on any atom is 0.200 e. The van der Waals surface area contributed by atoms with E-state index in [0.717, 1.165) is 72.1 Å². The zero-order valence-electron chi connectivity index (χ0n) is 52.4. The summed E-state index contributed by atoms with van der Waals surface area (Å²) in [7, 11) is 0. The molecule has 0 atom stereocenters. The number of rotatable bonds is 10. The number of fused-ring (bicyclic) bond motifs is 4. The van der Waals surface area contributed by atoms with E-state index in [1.165, 1.54) is 0 Å². The molecule has 11 heteroatoms. The minimum absolute atomic E-state index is 0. The van der Waals surface area contributed by atoms with Crippen molar-refractivity contribution < 1.29 is 47.8 Å². The van der Waals surface area contributed by atoms with Crippen LogP contribution >= 0.6 is 0 Å². The molecular weight excluding hydrogens is 1270 g/mol. The van der Waals surface area contributed by atoms with Crippen LogP contribution in [-0.4, -0.2) is 9.55 Å². The number of para-hydroxylation sites is 3. The Morgan fingerprint density at radius 3 is 1.59 bits per heavy atom. The molecule has 87 heavy (non-hydrogen) atoms. The Hall–Kier alpha value is -7.55. The number of halogens is 5. The second-order valence-electron chi connectivity index (χ2n) is 27.8. The maximum absolute atomic E-state index is 16.8. The summed E-state index contributed by atoms with van der Waals surface area (Å²) in [5.41, 5.74) is 10.4. The summed E-state index contributed by atoms with van der Waals surface area (Å²) in [4.78, 5) is 8.65. The quantitative estimate of drug-likeness (QED) is 0.0591. The van der Waals surface area contributed by atoms with E-state index in [1.54, 1.807) is 6.07 Å². The third kappa shape index (κ3) is 11.8. The van der Waals surface area contributed by atoms with Crippen LogP contribution in [0.3, 0.4) is 0 Å². The van der Waals surface area contributed by atoms with Crippen LogP contribution in [0.4, 0.5) is 44.7 Å². The van der Waals surface area contributed by atoms with E-state index in [9.17, 15) is 0 Å². The molecule has 0 spiro atoms. The van der Waals surface area contributed by atoms with Crippen molar-refractivity contribution in [1.82, 2.24) is 9.55 Å². The third-order valence-electron chi connectivity index (χ3n) is 16.7. The minimum atomic E-state index is -2.23. The van der Waals surface area contributed by atoms with Gasteiger partial charge in [-0.25, -0.2) is 26.9 Å². The number of pyridine rings is 1. The molecule has 11 rings (SSSR count). The van der Waals surface area contributed by atoms with Gasteiger partial charge in [0, 0.05) is 72.5 Å². The second-order valence-corrected chi connectivity index (χ2v) is 27.8. The number of aromatic nitrogens is 2. The van der Waals surface area contributed by atoms with Crippen molar-refractivity contribution in [3.05, 3.63) is 221 Å². The summed E-state index contributed by atoms with van der Waals surface area (Å²) in [6.07, 6.45) is 1.85. The first-order valence-corrected chi connectivity index (χ1v) is 29.6. The van der Waals surface area contributed by atoms with Gasteiger partial charge < -0.3 is 19.1 Å². The van der Waals surface area contributed by atoms with Gasteiger partial charge in [-0.1, -0.05) is 183 Å². The van der Waals surface area contributed by atoms with E-state index in [4.69, 9.17) is 9.72 Å². The van der Waals surface area contributed by atoms with E-state index in [1.807, 2.05) is 104 Å². The largest absolute Gasteiger partial charge is 0.509 e. The molecule has 0 saturated carbocycles. The molecule has 3 heterocycles. The number of hydrogen-bond acceptors (Lipinski definition) is 4. The Bertz CT molecular complexity index is 4240. The van der Waals surface area contributed by atoms with Crippen LogP contribution in [0.25, 0.3) is 61.0 Å². The second kappa shape index (κ2) is 22.9. The van der Waals surface area contributed by atoms with Crippen LogP contribution in [-0.2, 0) is 42.7 Å². The smallest absolute Gasteiger partial charge is 0.200 e. The Morgan fingerprint density at radius 1 is 0.471 bits per heavy atom. The average molecular weight is 1350 g/mol. The Balaban J connectivity index is 0.00000838. The van der Waals surface area contributed by atoms with Crippen molar-refractivity contribution in [2.45, 2.75) is 144 Å². The van der Waals surface area contributed by atoms with E-state index in [2.05, 4.69) is 173 Å². The molecule has 0 radical (unpaired) electrons. The summed E-state index contributed by atoms with van der Waals surface area (Å²) >= 11 is 0. The minimum Gasteiger partial charge on any atom is -0.509 e. The Labute approximate surface area is 524 Å². The fraction of sp³-hybridized carbons (Fsp3) is 0.289. The summed E-state index contributed by atoms with van der Waals surface area (Å²) < 4.78 is 89.6. The van der Waals surface area contributed by atoms with Crippen LogP contribution in [0.5, 0.6) is 11.5 Å². The summed E-state index contributed by atoms with van der Waals surface area (Å²) in [6, 6.07) is 51.9. The monoisotopic (exact) mass is 1350 g/mol. The van der Waals surface area contributed by atoms with Gasteiger partial charge >= 0.3 is 0 Å². The number of benzene rings is 8. The van der Waals surface area contributed by atoms with Crippen molar-refractivity contribution in [3.63, 3.8) is 0 Å². The zero-order valence-corrected chi connectivity index (χ0v) is 54.7. The standard InChI is InChI=1S/C76H74F5N4O.Pt/c1-43(2)45-29-46(44(3)4)31-49(30-45)59-37-53(76(14,15)16)38-60(66-67(77)69(79)71(81)70(80)68(66)78)72(59)84-42-83(62-23-19-20-24-63(62)84)54-34-48(47-32-51(74(8,9)10)36-52(33-47)75(11,12)13)35-56(40-54)86-55-25-26-58-57-21-17-18-22-61(57)85(64(58)41-55)65-39-50(27-28-82-65)73(5,6)7;/h17-39,42-44H,1-16H3;/q-3;. The fourth-order valence-corrected chi connectivity index (χ4v) is 11.4. The van der Waals surface area contributed by atoms with Gasteiger partial charge in [0.1, 0.15) is 5.82 Å². The first-order valence-electron chi connectivity index (χ1n) is 29.6. The molecule has 2 aromatic heterocycles. The van der Waals surface area contributed by atoms with Gasteiger partial charge in [-0.3, -0.25) is 0 Å². The molecule has 8 aromatic carbocycles.